The van der Waals surface area contributed by atoms with E-state index in [2.05, 4.69) is 15.3 Å². The summed E-state index contributed by atoms with van der Waals surface area (Å²) in [7, 11) is 0. The Morgan fingerprint density at radius 1 is 1.40 bits per heavy atom. The molecule has 1 aromatic rings. The standard InChI is InChI=1S/C8H9ClF3N3/c1-5-14-6(9)4-7(15-5)13-3-2-8(10,11)12/h4H,2-3H2,1H3,(H,13,14,15). The Bertz CT molecular complexity index is 320. The van der Waals surface area contributed by atoms with Crippen LogP contribution in [-0.2, 0) is 0 Å². The molecule has 0 radical (unpaired) electrons. The van der Waals surface area contributed by atoms with E-state index < -0.39 is 12.6 Å². The summed E-state index contributed by atoms with van der Waals surface area (Å²) in [6, 6.07) is 1.38. The highest BCUT2D eigenvalue weighted by molar-refractivity contribution is 6.29. The van der Waals surface area contributed by atoms with Crippen LogP contribution in [0.1, 0.15) is 12.2 Å². The largest absolute Gasteiger partial charge is 0.390 e. The van der Waals surface area contributed by atoms with Crippen LogP contribution in [0, 0.1) is 6.92 Å². The van der Waals surface area contributed by atoms with Crippen molar-refractivity contribution in [1.29, 1.82) is 0 Å². The molecule has 1 rings (SSSR count). The molecule has 0 atom stereocenters. The molecule has 7 heteroatoms. The molecule has 0 aliphatic heterocycles. The number of anilines is 1. The monoisotopic (exact) mass is 239 g/mol. The molecule has 0 unspecified atom stereocenters. The topological polar surface area (TPSA) is 37.8 Å². The van der Waals surface area contributed by atoms with Crippen molar-refractivity contribution >= 4 is 17.4 Å². The van der Waals surface area contributed by atoms with Gasteiger partial charge in [0.15, 0.2) is 0 Å². The van der Waals surface area contributed by atoms with Crippen molar-refractivity contribution < 1.29 is 13.2 Å². The molecular weight excluding hydrogens is 231 g/mol. The Morgan fingerprint density at radius 3 is 2.60 bits per heavy atom. The Labute approximate surface area is 89.7 Å². The maximum absolute atomic E-state index is 11.8. The maximum atomic E-state index is 11.8. The lowest BCUT2D eigenvalue weighted by molar-refractivity contribution is -0.131. The van der Waals surface area contributed by atoms with E-state index >= 15 is 0 Å². The zero-order valence-corrected chi connectivity index (χ0v) is 8.65. The zero-order valence-electron chi connectivity index (χ0n) is 7.90. The average Bonchev–Trinajstić information content (AvgIpc) is 1.99. The lowest BCUT2D eigenvalue weighted by Crippen LogP contribution is -2.15. The first kappa shape index (κ1) is 12.0. The predicted molar refractivity (Wildman–Crippen MR) is 50.9 cm³/mol. The number of aromatic nitrogens is 2. The van der Waals surface area contributed by atoms with Crippen molar-refractivity contribution in [2.45, 2.75) is 19.5 Å². The number of nitrogens with one attached hydrogen (secondary N) is 1. The van der Waals surface area contributed by atoms with E-state index in [-0.39, 0.29) is 11.7 Å². The minimum absolute atomic E-state index is 0.206. The number of nitrogens with zero attached hydrogens (tertiary/aromatic N) is 2. The number of rotatable bonds is 3. The van der Waals surface area contributed by atoms with E-state index in [1.54, 1.807) is 6.92 Å². The highest BCUT2D eigenvalue weighted by atomic mass is 35.5. The lowest BCUT2D eigenvalue weighted by atomic mass is 10.4. The molecule has 0 amide bonds. The van der Waals surface area contributed by atoms with Crippen LogP contribution in [0.25, 0.3) is 0 Å². The molecule has 0 aromatic carbocycles. The Kier molecular flexibility index (Phi) is 3.73. The minimum Gasteiger partial charge on any atom is -0.370 e. The van der Waals surface area contributed by atoms with Crippen LogP contribution in [0.4, 0.5) is 19.0 Å². The normalized spacial score (nSPS) is 11.5. The van der Waals surface area contributed by atoms with E-state index in [9.17, 15) is 13.2 Å². The van der Waals surface area contributed by atoms with Gasteiger partial charge in [0.25, 0.3) is 0 Å². The summed E-state index contributed by atoms with van der Waals surface area (Å²) in [5.74, 6) is 0.716. The van der Waals surface area contributed by atoms with Gasteiger partial charge in [-0.1, -0.05) is 11.6 Å². The van der Waals surface area contributed by atoms with Gasteiger partial charge in [-0.25, -0.2) is 9.97 Å². The van der Waals surface area contributed by atoms with Gasteiger partial charge in [0, 0.05) is 12.6 Å². The Morgan fingerprint density at radius 2 is 2.07 bits per heavy atom. The summed E-state index contributed by atoms with van der Waals surface area (Å²) >= 11 is 5.61. The molecular formula is C8H9ClF3N3. The van der Waals surface area contributed by atoms with E-state index in [4.69, 9.17) is 11.6 Å². The fourth-order valence-corrected chi connectivity index (χ4v) is 1.18. The Balaban J connectivity index is 2.51. The van der Waals surface area contributed by atoms with Crippen LogP contribution in [0.15, 0.2) is 6.07 Å². The predicted octanol–water partition coefficient (Wildman–Crippen LogP) is 2.80. The summed E-state index contributed by atoms with van der Waals surface area (Å²) < 4.78 is 35.5. The molecule has 0 saturated heterocycles. The fourth-order valence-electron chi connectivity index (χ4n) is 0.954. The van der Waals surface area contributed by atoms with Gasteiger partial charge in [-0.15, -0.1) is 0 Å². The number of aryl methyl sites for hydroxylation is 1. The van der Waals surface area contributed by atoms with Crippen molar-refractivity contribution in [3.8, 4) is 0 Å². The molecule has 1 aromatic heterocycles. The average molecular weight is 240 g/mol. The van der Waals surface area contributed by atoms with Crippen LogP contribution in [0.2, 0.25) is 5.15 Å². The molecule has 0 saturated carbocycles. The molecule has 3 nitrogen and oxygen atoms in total. The molecule has 1 heterocycles. The smallest absolute Gasteiger partial charge is 0.370 e. The number of hydrogen-bond acceptors (Lipinski definition) is 3. The summed E-state index contributed by atoms with van der Waals surface area (Å²) in [4.78, 5) is 7.66. The van der Waals surface area contributed by atoms with Crippen LogP contribution in [0.3, 0.4) is 0 Å². The van der Waals surface area contributed by atoms with Gasteiger partial charge < -0.3 is 5.32 Å². The zero-order chi connectivity index (χ0) is 11.5. The number of halogens is 4. The molecule has 0 aliphatic carbocycles. The summed E-state index contributed by atoms with van der Waals surface area (Å²) in [5.41, 5.74) is 0. The molecule has 84 valence electrons. The van der Waals surface area contributed by atoms with Gasteiger partial charge in [-0.05, 0) is 6.92 Å². The summed E-state index contributed by atoms with van der Waals surface area (Å²) in [6.45, 7) is 1.39. The molecule has 1 N–H and O–H groups in total. The van der Waals surface area contributed by atoms with Crippen molar-refractivity contribution in [2.24, 2.45) is 0 Å². The maximum Gasteiger partial charge on any atom is 0.390 e. The second-order valence-electron chi connectivity index (χ2n) is 2.92. The van der Waals surface area contributed by atoms with Crippen LogP contribution >= 0.6 is 11.6 Å². The van der Waals surface area contributed by atoms with Crippen LogP contribution in [-0.4, -0.2) is 22.7 Å². The third-order valence-electron chi connectivity index (χ3n) is 1.52. The van der Waals surface area contributed by atoms with Gasteiger partial charge in [-0.2, -0.15) is 13.2 Å². The first-order chi connectivity index (χ1) is 6.87. The van der Waals surface area contributed by atoms with Crippen LogP contribution < -0.4 is 5.32 Å². The lowest BCUT2D eigenvalue weighted by Gasteiger charge is -2.08. The van der Waals surface area contributed by atoms with E-state index in [0.717, 1.165) is 0 Å². The highest BCUT2D eigenvalue weighted by Crippen LogP contribution is 2.19. The van der Waals surface area contributed by atoms with Crippen molar-refractivity contribution in [1.82, 2.24) is 9.97 Å². The highest BCUT2D eigenvalue weighted by Gasteiger charge is 2.26. The quantitative estimate of drug-likeness (QED) is 0.825. The van der Waals surface area contributed by atoms with Crippen molar-refractivity contribution in [3.05, 3.63) is 17.0 Å². The summed E-state index contributed by atoms with van der Waals surface area (Å²) in [5, 5.41) is 2.73. The molecule has 15 heavy (non-hydrogen) atoms. The molecule has 0 bridgehead atoms. The van der Waals surface area contributed by atoms with E-state index in [1.807, 2.05) is 0 Å². The van der Waals surface area contributed by atoms with Gasteiger partial charge in [0.05, 0.1) is 6.42 Å². The molecule has 0 aliphatic rings. The van der Waals surface area contributed by atoms with Gasteiger partial charge >= 0.3 is 6.18 Å². The third kappa shape index (κ3) is 4.83. The van der Waals surface area contributed by atoms with E-state index in [0.29, 0.717) is 11.6 Å². The number of hydrogen-bond donors (Lipinski definition) is 1. The third-order valence-corrected chi connectivity index (χ3v) is 1.71. The second kappa shape index (κ2) is 4.65. The van der Waals surface area contributed by atoms with Gasteiger partial charge in [-0.3, -0.25) is 0 Å². The van der Waals surface area contributed by atoms with Gasteiger partial charge in [0.1, 0.15) is 16.8 Å². The molecule has 0 fully saturated rings. The first-order valence-electron chi connectivity index (χ1n) is 4.18. The van der Waals surface area contributed by atoms with Crippen molar-refractivity contribution in [3.63, 3.8) is 0 Å². The van der Waals surface area contributed by atoms with Crippen LogP contribution in [0.5, 0.6) is 0 Å². The van der Waals surface area contributed by atoms with Gasteiger partial charge in [0.2, 0.25) is 0 Å². The fraction of sp³-hybridized carbons (Fsp3) is 0.500. The first-order valence-corrected chi connectivity index (χ1v) is 4.56. The Hall–Kier alpha value is -1.04. The second-order valence-corrected chi connectivity index (χ2v) is 3.30. The number of alkyl halides is 3. The minimum atomic E-state index is -4.17. The van der Waals surface area contributed by atoms with E-state index in [1.165, 1.54) is 6.07 Å². The summed E-state index contributed by atoms with van der Waals surface area (Å²) in [6.07, 6.45) is -5.08. The van der Waals surface area contributed by atoms with Crippen molar-refractivity contribution in [2.75, 3.05) is 11.9 Å². The SMILES string of the molecule is Cc1nc(Cl)cc(NCCC(F)(F)F)n1. The molecule has 0 spiro atoms.